The van der Waals surface area contributed by atoms with Gasteiger partial charge in [0.05, 0.1) is 18.7 Å². The average molecular weight is 393 g/mol. The van der Waals surface area contributed by atoms with Gasteiger partial charge in [0, 0.05) is 19.0 Å². The number of ether oxygens (including phenoxy) is 4. The summed E-state index contributed by atoms with van der Waals surface area (Å²) in [6.45, 7) is 8.06. The summed E-state index contributed by atoms with van der Waals surface area (Å²) < 4.78 is 21.5. The fourth-order valence-corrected chi connectivity index (χ4v) is 2.66. The van der Waals surface area contributed by atoms with Gasteiger partial charge >= 0.3 is 12.1 Å². The molecule has 0 bridgehead atoms. The number of aldehydes is 1. The lowest BCUT2D eigenvalue weighted by molar-refractivity contribution is -0.145. The number of hydrogen-bond donors (Lipinski definition) is 0. The molecule has 0 aromatic heterocycles. The van der Waals surface area contributed by atoms with E-state index in [1.54, 1.807) is 30.0 Å². The summed E-state index contributed by atoms with van der Waals surface area (Å²) in [5.41, 5.74) is -0.246. The van der Waals surface area contributed by atoms with E-state index in [9.17, 15) is 14.4 Å². The number of carbonyl (C=O) groups excluding carboxylic acids is 3. The first-order valence-electron chi connectivity index (χ1n) is 9.24. The summed E-state index contributed by atoms with van der Waals surface area (Å²) in [5.74, 6) is 0.206. The van der Waals surface area contributed by atoms with Crippen molar-refractivity contribution in [1.29, 1.82) is 0 Å². The van der Waals surface area contributed by atoms with Crippen LogP contribution in [0, 0.1) is 0 Å². The summed E-state index contributed by atoms with van der Waals surface area (Å²) in [6, 6.07) is 4.76. The number of esters is 1. The van der Waals surface area contributed by atoms with Gasteiger partial charge in [-0.05, 0) is 39.8 Å². The van der Waals surface area contributed by atoms with Crippen molar-refractivity contribution < 1.29 is 33.3 Å². The van der Waals surface area contributed by atoms with E-state index >= 15 is 0 Å². The lowest BCUT2D eigenvalue weighted by Gasteiger charge is -2.24. The summed E-state index contributed by atoms with van der Waals surface area (Å²) in [5, 5.41) is 0. The topological polar surface area (TPSA) is 91.4 Å². The Morgan fingerprint density at radius 1 is 1.29 bits per heavy atom. The van der Waals surface area contributed by atoms with Gasteiger partial charge in [-0.1, -0.05) is 0 Å². The molecule has 1 amide bonds. The van der Waals surface area contributed by atoms with Gasteiger partial charge in [0.2, 0.25) is 0 Å². The van der Waals surface area contributed by atoms with E-state index < -0.39 is 11.6 Å². The average Bonchev–Trinajstić information content (AvgIpc) is 3.07. The largest absolute Gasteiger partial charge is 0.488 e. The van der Waals surface area contributed by atoms with Crippen molar-refractivity contribution in [2.24, 2.45) is 0 Å². The normalized spacial score (nSPS) is 16.4. The van der Waals surface area contributed by atoms with Crippen LogP contribution in [0.4, 0.5) is 4.79 Å². The third kappa shape index (κ3) is 6.44. The van der Waals surface area contributed by atoms with Gasteiger partial charge in [-0.15, -0.1) is 0 Å². The van der Waals surface area contributed by atoms with Gasteiger partial charge in [-0.2, -0.15) is 0 Å². The third-order valence-corrected chi connectivity index (χ3v) is 3.86. The lowest BCUT2D eigenvalue weighted by Crippen LogP contribution is -2.36. The first kappa shape index (κ1) is 21.5. The predicted octanol–water partition coefficient (Wildman–Crippen LogP) is 2.83. The van der Waals surface area contributed by atoms with Gasteiger partial charge in [0.15, 0.2) is 12.9 Å². The van der Waals surface area contributed by atoms with Crippen molar-refractivity contribution in [2.75, 3.05) is 26.3 Å². The van der Waals surface area contributed by atoms with E-state index in [2.05, 4.69) is 0 Å². The van der Waals surface area contributed by atoms with Crippen LogP contribution in [-0.2, 0) is 14.3 Å². The van der Waals surface area contributed by atoms with E-state index in [-0.39, 0.29) is 31.2 Å². The zero-order valence-electron chi connectivity index (χ0n) is 16.7. The molecule has 1 heterocycles. The van der Waals surface area contributed by atoms with Crippen LogP contribution in [0.15, 0.2) is 18.2 Å². The summed E-state index contributed by atoms with van der Waals surface area (Å²) in [4.78, 5) is 36.4. The monoisotopic (exact) mass is 393 g/mol. The molecule has 0 radical (unpaired) electrons. The molecule has 1 aliphatic heterocycles. The Labute approximate surface area is 164 Å². The Kier molecular flexibility index (Phi) is 7.25. The summed E-state index contributed by atoms with van der Waals surface area (Å²) in [6.07, 6.45) is 0.735. The van der Waals surface area contributed by atoms with Gasteiger partial charge in [0.1, 0.15) is 23.2 Å². The smallest absolute Gasteiger partial charge is 0.410 e. The quantitative estimate of drug-likeness (QED) is 0.520. The minimum absolute atomic E-state index is 0.201. The zero-order chi connectivity index (χ0) is 20.7. The predicted molar refractivity (Wildman–Crippen MR) is 101 cm³/mol. The van der Waals surface area contributed by atoms with Gasteiger partial charge in [-0.25, -0.2) is 9.59 Å². The fourth-order valence-electron chi connectivity index (χ4n) is 2.66. The maximum absolute atomic E-state index is 12.1. The van der Waals surface area contributed by atoms with Crippen molar-refractivity contribution in [1.82, 2.24) is 4.90 Å². The first-order valence-corrected chi connectivity index (χ1v) is 9.24. The molecule has 0 saturated carbocycles. The van der Waals surface area contributed by atoms with E-state index in [4.69, 9.17) is 18.9 Å². The molecule has 8 heteroatoms. The van der Waals surface area contributed by atoms with Crippen LogP contribution < -0.4 is 9.47 Å². The Balaban J connectivity index is 1.97. The second-order valence-electron chi connectivity index (χ2n) is 7.37. The second-order valence-corrected chi connectivity index (χ2v) is 7.37. The molecule has 1 saturated heterocycles. The van der Waals surface area contributed by atoms with Crippen molar-refractivity contribution in [3.8, 4) is 11.5 Å². The molecule has 28 heavy (non-hydrogen) atoms. The van der Waals surface area contributed by atoms with E-state index in [1.165, 1.54) is 0 Å². The van der Waals surface area contributed by atoms with Crippen LogP contribution in [0.25, 0.3) is 0 Å². The highest BCUT2D eigenvalue weighted by molar-refractivity contribution is 5.80. The molecule has 0 aliphatic carbocycles. The molecule has 0 N–H and O–H groups in total. The van der Waals surface area contributed by atoms with Crippen molar-refractivity contribution >= 4 is 18.3 Å². The Hall–Kier alpha value is -2.77. The molecule has 0 unspecified atom stereocenters. The Morgan fingerprint density at radius 2 is 2.04 bits per heavy atom. The first-order chi connectivity index (χ1) is 13.2. The van der Waals surface area contributed by atoms with Crippen molar-refractivity contribution in [3.05, 3.63) is 23.8 Å². The van der Waals surface area contributed by atoms with Crippen LogP contribution in [0.1, 0.15) is 44.5 Å². The molecular weight excluding hydrogens is 366 g/mol. The highest BCUT2D eigenvalue weighted by atomic mass is 16.6. The second kappa shape index (κ2) is 9.43. The molecule has 8 nitrogen and oxygen atoms in total. The maximum Gasteiger partial charge on any atom is 0.410 e. The van der Waals surface area contributed by atoms with Gasteiger partial charge in [0.25, 0.3) is 0 Å². The van der Waals surface area contributed by atoms with Crippen molar-refractivity contribution in [2.45, 2.75) is 45.8 Å². The summed E-state index contributed by atoms with van der Waals surface area (Å²) >= 11 is 0. The molecule has 2 rings (SSSR count). The maximum atomic E-state index is 12.1. The van der Waals surface area contributed by atoms with Crippen LogP contribution in [0.2, 0.25) is 0 Å². The number of hydrogen-bond acceptors (Lipinski definition) is 7. The SMILES string of the molecule is CCOC(=O)COc1cc(O[C@H]2CCN(C(=O)OC(C)(C)C)C2)ccc1C=O. The standard InChI is InChI=1S/C20H27NO7/c1-5-25-18(23)13-26-17-10-15(7-6-14(17)12-22)27-16-8-9-21(11-16)19(24)28-20(2,3)4/h6-7,10,12,16H,5,8-9,11,13H2,1-4H3/t16-/m0/s1. The molecule has 1 aromatic carbocycles. The molecule has 0 spiro atoms. The number of rotatable bonds is 7. The van der Waals surface area contributed by atoms with Crippen molar-refractivity contribution in [3.63, 3.8) is 0 Å². The Morgan fingerprint density at radius 3 is 2.68 bits per heavy atom. The van der Waals surface area contributed by atoms with Crippen LogP contribution in [-0.4, -0.2) is 61.3 Å². The number of benzene rings is 1. The molecule has 1 fully saturated rings. The zero-order valence-corrected chi connectivity index (χ0v) is 16.7. The minimum Gasteiger partial charge on any atom is -0.488 e. The Bertz CT molecular complexity index is 711. The number of likely N-dealkylation sites (tertiary alicyclic amines) is 1. The van der Waals surface area contributed by atoms with Crippen LogP contribution in [0.3, 0.4) is 0 Å². The number of carbonyl (C=O) groups is 3. The number of nitrogens with zero attached hydrogens (tertiary/aromatic N) is 1. The fraction of sp³-hybridized carbons (Fsp3) is 0.550. The molecule has 1 aromatic rings. The highest BCUT2D eigenvalue weighted by Gasteiger charge is 2.31. The highest BCUT2D eigenvalue weighted by Crippen LogP contribution is 2.26. The van der Waals surface area contributed by atoms with E-state index in [1.807, 2.05) is 20.8 Å². The molecule has 1 aliphatic rings. The third-order valence-electron chi connectivity index (χ3n) is 3.86. The molecule has 1 atom stereocenters. The van der Waals surface area contributed by atoms with Gasteiger partial charge in [-0.3, -0.25) is 4.79 Å². The molecule has 154 valence electrons. The van der Waals surface area contributed by atoms with E-state index in [0.717, 1.165) is 0 Å². The number of amides is 1. The lowest BCUT2D eigenvalue weighted by atomic mass is 10.2. The van der Waals surface area contributed by atoms with E-state index in [0.29, 0.717) is 37.1 Å². The summed E-state index contributed by atoms with van der Waals surface area (Å²) in [7, 11) is 0. The minimum atomic E-state index is -0.550. The van der Waals surface area contributed by atoms with Crippen LogP contribution in [0.5, 0.6) is 11.5 Å². The van der Waals surface area contributed by atoms with Gasteiger partial charge < -0.3 is 23.8 Å². The van der Waals surface area contributed by atoms with Crippen LogP contribution >= 0.6 is 0 Å². The molecular formula is C20H27NO7.